The monoisotopic (exact) mass is 209 g/mol. The van der Waals surface area contributed by atoms with Gasteiger partial charge in [0.15, 0.2) is 0 Å². The topological polar surface area (TPSA) is 67.0 Å². The third kappa shape index (κ3) is 2.02. The normalized spacial score (nSPS) is 21.3. The lowest BCUT2D eigenvalue weighted by molar-refractivity contribution is 0.0592. The zero-order valence-corrected chi connectivity index (χ0v) is 8.75. The molecule has 1 fully saturated rings. The smallest absolute Gasteiger partial charge is 0.356 e. The van der Waals surface area contributed by atoms with E-state index in [4.69, 9.17) is 4.74 Å². The first-order chi connectivity index (χ1) is 7.33. The lowest BCUT2D eigenvalue weighted by atomic mass is 9.92. The Kier molecular flexibility index (Phi) is 3.01. The summed E-state index contributed by atoms with van der Waals surface area (Å²) in [6, 6.07) is 0. The molecule has 0 saturated carbocycles. The summed E-state index contributed by atoms with van der Waals surface area (Å²) in [5, 5.41) is 9.93. The minimum atomic E-state index is -0.340. The van der Waals surface area contributed by atoms with Gasteiger partial charge in [0, 0.05) is 18.0 Å². The molecule has 15 heavy (non-hydrogen) atoms. The van der Waals surface area contributed by atoms with Crippen LogP contribution in [-0.2, 0) is 4.74 Å². The molecular weight excluding hydrogens is 194 g/mol. The Labute approximate surface area is 88.2 Å². The predicted molar refractivity (Wildman–Crippen MR) is 54.8 cm³/mol. The first kappa shape index (κ1) is 10.2. The SMILES string of the molecule is COC(=O)c1[nH]ncc1C1CCCNC1. The molecule has 0 aromatic carbocycles. The van der Waals surface area contributed by atoms with Gasteiger partial charge in [-0.1, -0.05) is 0 Å². The summed E-state index contributed by atoms with van der Waals surface area (Å²) in [7, 11) is 1.38. The Balaban J connectivity index is 2.19. The standard InChI is InChI=1S/C10H15N3O2/c1-15-10(14)9-8(6-12-13-9)7-3-2-4-11-5-7/h6-7,11H,2-5H2,1H3,(H,12,13). The molecule has 1 saturated heterocycles. The highest BCUT2D eigenvalue weighted by Gasteiger charge is 2.23. The molecule has 1 aromatic rings. The van der Waals surface area contributed by atoms with E-state index in [1.807, 2.05) is 0 Å². The summed E-state index contributed by atoms with van der Waals surface area (Å²) in [6.45, 7) is 1.96. The molecular formula is C10H15N3O2. The van der Waals surface area contributed by atoms with Crippen molar-refractivity contribution in [2.75, 3.05) is 20.2 Å². The van der Waals surface area contributed by atoms with Crippen molar-refractivity contribution in [2.45, 2.75) is 18.8 Å². The Hall–Kier alpha value is -1.36. The van der Waals surface area contributed by atoms with E-state index in [9.17, 15) is 4.79 Å². The van der Waals surface area contributed by atoms with E-state index in [2.05, 4.69) is 15.5 Å². The molecule has 1 atom stereocenters. The quantitative estimate of drug-likeness (QED) is 0.702. The van der Waals surface area contributed by atoms with E-state index in [-0.39, 0.29) is 5.97 Å². The highest BCUT2D eigenvalue weighted by atomic mass is 16.5. The molecule has 0 radical (unpaired) electrons. The van der Waals surface area contributed by atoms with E-state index >= 15 is 0 Å². The molecule has 0 spiro atoms. The van der Waals surface area contributed by atoms with Crippen LogP contribution in [0, 0.1) is 0 Å². The van der Waals surface area contributed by atoms with Crippen molar-refractivity contribution in [3.8, 4) is 0 Å². The number of aromatic amines is 1. The number of H-pyrrole nitrogens is 1. The maximum absolute atomic E-state index is 11.4. The minimum absolute atomic E-state index is 0.340. The first-order valence-electron chi connectivity index (χ1n) is 5.15. The Morgan fingerprint density at radius 2 is 2.53 bits per heavy atom. The van der Waals surface area contributed by atoms with Crippen LogP contribution >= 0.6 is 0 Å². The van der Waals surface area contributed by atoms with Gasteiger partial charge in [-0.15, -0.1) is 0 Å². The van der Waals surface area contributed by atoms with Gasteiger partial charge in [-0.3, -0.25) is 5.10 Å². The molecule has 2 rings (SSSR count). The van der Waals surface area contributed by atoms with Crippen LogP contribution in [0.4, 0.5) is 0 Å². The second-order valence-electron chi connectivity index (χ2n) is 3.74. The van der Waals surface area contributed by atoms with Gasteiger partial charge >= 0.3 is 5.97 Å². The molecule has 0 bridgehead atoms. The largest absolute Gasteiger partial charge is 0.464 e. The lowest BCUT2D eigenvalue weighted by Crippen LogP contribution is -2.29. The second-order valence-corrected chi connectivity index (χ2v) is 3.74. The fourth-order valence-electron chi connectivity index (χ4n) is 1.99. The van der Waals surface area contributed by atoms with Gasteiger partial charge in [0.1, 0.15) is 5.69 Å². The molecule has 1 aliphatic rings. The number of carbonyl (C=O) groups is 1. The summed E-state index contributed by atoms with van der Waals surface area (Å²) >= 11 is 0. The van der Waals surface area contributed by atoms with Gasteiger partial charge in [-0.05, 0) is 19.4 Å². The summed E-state index contributed by atoms with van der Waals surface area (Å²) in [6.07, 6.45) is 3.96. The number of ether oxygens (including phenoxy) is 1. The number of nitrogens with zero attached hydrogens (tertiary/aromatic N) is 1. The second kappa shape index (κ2) is 4.44. The summed E-state index contributed by atoms with van der Waals surface area (Å²) in [5.74, 6) is 0.0275. The van der Waals surface area contributed by atoms with Crippen molar-refractivity contribution < 1.29 is 9.53 Å². The number of methoxy groups -OCH3 is 1. The summed E-state index contributed by atoms with van der Waals surface area (Å²) in [5.41, 5.74) is 1.46. The Morgan fingerprint density at radius 3 is 3.20 bits per heavy atom. The third-order valence-electron chi connectivity index (χ3n) is 2.79. The molecule has 5 heteroatoms. The summed E-state index contributed by atoms with van der Waals surface area (Å²) in [4.78, 5) is 11.4. The van der Waals surface area contributed by atoms with E-state index in [0.29, 0.717) is 11.6 Å². The van der Waals surface area contributed by atoms with Crippen molar-refractivity contribution in [3.63, 3.8) is 0 Å². The van der Waals surface area contributed by atoms with Crippen molar-refractivity contribution in [1.29, 1.82) is 0 Å². The van der Waals surface area contributed by atoms with Gasteiger partial charge in [0.05, 0.1) is 13.3 Å². The number of aromatic nitrogens is 2. The molecule has 2 heterocycles. The molecule has 1 unspecified atom stereocenters. The average Bonchev–Trinajstić information content (AvgIpc) is 2.78. The van der Waals surface area contributed by atoms with Crippen LogP contribution in [0.2, 0.25) is 0 Å². The Morgan fingerprint density at radius 1 is 1.67 bits per heavy atom. The number of rotatable bonds is 2. The van der Waals surface area contributed by atoms with Crippen molar-refractivity contribution in [2.24, 2.45) is 0 Å². The maximum Gasteiger partial charge on any atom is 0.356 e. The fourth-order valence-corrected chi connectivity index (χ4v) is 1.99. The molecule has 82 valence electrons. The molecule has 2 N–H and O–H groups in total. The summed E-state index contributed by atoms with van der Waals surface area (Å²) < 4.78 is 4.70. The van der Waals surface area contributed by atoms with Crippen LogP contribution in [0.1, 0.15) is 34.8 Å². The fraction of sp³-hybridized carbons (Fsp3) is 0.600. The van der Waals surface area contributed by atoms with Gasteiger partial charge < -0.3 is 10.1 Å². The van der Waals surface area contributed by atoms with Crippen molar-refractivity contribution >= 4 is 5.97 Å². The van der Waals surface area contributed by atoms with Gasteiger partial charge in [0.25, 0.3) is 0 Å². The van der Waals surface area contributed by atoms with Gasteiger partial charge in [-0.25, -0.2) is 4.79 Å². The van der Waals surface area contributed by atoms with Crippen molar-refractivity contribution in [1.82, 2.24) is 15.5 Å². The van der Waals surface area contributed by atoms with Gasteiger partial charge in [-0.2, -0.15) is 5.10 Å². The first-order valence-corrected chi connectivity index (χ1v) is 5.15. The lowest BCUT2D eigenvalue weighted by Gasteiger charge is -2.22. The molecule has 1 aliphatic heterocycles. The van der Waals surface area contributed by atoms with E-state index in [1.165, 1.54) is 7.11 Å². The van der Waals surface area contributed by atoms with E-state index in [0.717, 1.165) is 31.5 Å². The molecule has 5 nitrogen and oxygen atoms in total. The van der Waals surface area contributed by atoms with Crippen LogP contribution in [0.15, 0.2) is 6.20 Å². The number of carbonyl (C=O) groups excluding carboxylic acids is 1. The van der Waals surface area contributed by atoms with E-state index < -0.39 is 0 Å². The average molecular weight is 209 g/mol. The molecule has 1 aromatic heterocycles. The third-order valence-corrected chi connectivity index (χ3v) is 2.79. The zero-order chi connectivity index (χ0) is 10.7. The predicted octanol–water partition coefficient (Wildman–Crippen LogP) is 0.663. The van der Waals surface area contributed by atoms with Crippen LogP contribution in [0.5, 0.6) is 0 Å². The van der Waals surface area contributed by atoms with Crippen LogP contribution in [0.25, 0.3) is 0 Å². The molecule has 0 amide bonds. The Bertz CT molecular complexity index is 342. The van der Waals surface area contributed by atoms with Crippen LogP contribution < -0.4 is 5.32 Å². The zero-order valence-electron chi connectivity index (χ0n) is 8.75. The highest BCUT2D eigenvalue weighted by molar-refractivity contribution is 5.88. The number of hydrogen-bond donors (Lipinski definition) is 2. The maximum atomic E-state index is 11.4. The number of hydrogen-bond acceptors (Lipinski definition) is 4. The van der Waals surface area contributed by atoms with E-state index in [1.54, 1.807) is 6.20 Å². The number of piperidine rings is 1. The number of nitrogens with one attached hydrogen (secondary N) is 2. The van der Waals surface area contributed by atoms with Gasteiger partial charge in [0.2, 0.25) is 0 Å². The highest BCUT2D eigenvalue weighted by Crippen LogP contribution is 2.25. The van der Waals surface area contributed by atoms with Crippen LogP contribution in [-0.4, -0.2) is 36.4 Å². The number of esters is 1. The molecule has 0 aliphatic carbocycles. The van der Waals surface area contributed by atoms with Crippen molar-refractivity contribution in [3.05, 3.63) is 17.5 Å². The van der Waals surface area contributed by atoms with Crippen LogP contribution in [0.3, 0.4) is 0 Å². The minimum Gasteiger partial charge on any atom is -0.464 e.